The van der Waals surface area contributed by atoms with Gasteiger partial charge >= 0.3 is 0 Å². The van der Waals surface area contributed by atoms with Crippen molar-refractivity contribution in [3.05, 3.63) is 18.5 Å². The Kier molecular flexibility index (Phi) is 4.24. The molecular weight excluding hydrogens is 210 g/mol. The van der Waals surface area contributed by atoms with E-state index in [0.29, 0.717) is 0 Å². The molecule has 1 aliphatic rings. The van der Waals surface area contributed by atoms with Crippen LogP contribution >= 0.6 is 0 Å². The molecule has 0 radical (unpaired) electrons. The summed E-state index contributed by atoms with van der Waals surface area (Å²) in [6.45, 7) is 3.46. The van der Waals surface area contributed by atoms with Crippen molar-refractivity contribution < 1.29 is 0 Å². The highest BCUT2D eigenvalue weighted by Gasteiger charge is 2.20. The van der Waals surface area contributed by atoms with Gasteiger partial charge in [-0.05, 0) is 24.3 Å². The van der Waals surface area contributed by atoms with Gasteiger partial charge in [0.05, 0.1) is 23.8 Å². The van der Waals surface area contributed by atoms with Gasteiger partial charge in [0.1, 0.15) is 0 Å². The molecule has 2 rings (SSSR count). The predicted octanol–water partition coefficient (Wildman–Crippen LogP) is 3.36. The van der Waals surface area contributed by atoms with Crippen molar-refractivity contribution in [3.8, 4) is 0 Å². The zero-order valence-corrected chi connectivity index (χ0v) is 10.9. The number of nitrogens with zero attached hydrogens (tertiary/aromatic N) is 1. The van der Waals surface area contributed by atoms with Crippen molar-refractivity contribution in [2.45, 2.75) is 32.6 Å². The number of aromatic nitrogens is 1. The summed E-state index contributed by atoms with van der Waals surface area (Å²) in [7, 11) is 1.92. The molecule has 2 atom stereocenters. The van der Waals surface area contributed by atoms with Crippen LogP contribution in [0.25, 0.3) is 0 Å². The fourth-order valence-corrected chi connectivity index (χ4v) is 2.62. The van der Waals surface area contributed by atoms with Crippen LogP contribution in [0.1, 0.15) is 32.6 Å². The van der Waals surface area contributed by atoms with Gasteiger partial charge in [-0.1, -0.05) is 26.2 Å². The van der Waals surface area contributed by atoms with Crippen molar-refractivity contribution in [2.24, 2.45) is 11.8 Å². The SMILES string of the molecule is CNc1cncc(NCC2CCCCC2C)c1. The molecule has 2 unspecified atom stereocenters. The Morgan fingerprint density at radius 1 is 1.24 bits per heavy atom. The molecule has 1 aliphatic carbocycles. The van der Waals surface area contributed by atoms with Crippen LogP contribution in [0.4, 0.5) is 11.4 Å². The standard InChI is InChI=1S/C14H23N3/c1-11-5-3-4-6-12(11)8-17-14-7-13(15-2)9-16-10-14/h7,9-12,15,17H,3-6,8H2,1-2H3. The van der Waals surface area contributed by atoms with E-state index in [9.17, 15) is 0 Å². The van der Waals surface area contributed by atoms with Crippen molar-refractivity contribution in [1.29, 1.82) is 0 Å². The van der Waals surface area contributed by atoms with Crippen LogP contribution in [0.3, 0.4) is 0 Å². The molecule has 17 heavy (non-hydrogen) atoms. The van der Waals surface area contributed by atoms with Gasteiger partial charge in [0.2, 0.25) is 0 Å². The van der Waals surface area contributed by atoms with E-state index in [0.717, 1.165) is 29.8 Å². The number of hydrogen-bond donors (Lipinski definition) is 2. The molecule has 94 valence electrons. The number of rotatable bonds is 4. The lowest BCUT2D eigenvalue weighted by molar-refractivity contribution is 0.268. The van der Waals surface area contributed by atoms with E-state index in [1.807, 2.05) is 19.4 Å². The maximum Gasteiger partial charge on any atom is 0.0547 e. The first-order chi connectivity index (χ1) is 8.29. The van der Waals surface area contributed by atoms with Crippen molar-refractivity contribution >= 4 is 11.4 Å². The molecule has 1 aromatic rings. The Morgan fingerprint density at radius 3 is 2.76 bits per heavy atom. The molecule has 1 heterocycles. The fraction of sp³-hybridized carbons (Fsp3) is 0.643. The smallest absolute Gasteiger partial charge is 0.0547 e. The summed E-state index contributed by atoms with van der Waals surface area (Å²) in [4.78, 5) is 4.21. The van der Waals surface area contributed by atoms with Crippen LogP contribution < -0.4 is 10.6 Å². The summed E-state index contributed by atoms with van der Waals surface area (Å²) in [5, 5.41) is 6.63. The fourth-order valence-electron chi connectivity index (χ4n) is 2.62. The quantitative estimate of drug-likeness (QED) is 0.837. The highest BCUT2D eigenvalue weighted by molar-refractivity contribution is 5.53. The molecule has 3 heteroatoms. The van der Waals surface area contributed by atoms with Crippen LogP contribution in [-0.2, 0) is 0 Å². The molecule has 2 N–H and O–H groups in total. The minimum absolute atomic E-state index is 0.821. The first kappa shape index (κ1) is 12.2. The van der Waals surface area contributed by atoms with E-state index in [-0.39, 0.29) is 0 Å². The van der Waals surface area contributed by atoms with Crippen molar-refractivity contribution in [3.63, 3.8) is 0 Å². The maximum absolute atomic E-state index is 4.21. The van der Waals surface area contributed by atoms with E-state index in [1.165, 1.54) is 25.7 Å². The third-order valence-electron chi connectivity index (χ3n) is 3.88. The third-order valence-corrected chi connectivity index (χ3v) is 3.88. The van der Waals surface area contributed by atoms with E-state index in [1.54, 1.807) is 0 Å². The lowest BCUT2D eigenvalue weighted by Crippen LogP contribution is -2.24. The molecule has 1 saturated carbocycles. The molecule has 1 aromatic heterocycles. The van der Waals surface area contributed by atoms with Crippen LogP contribution in [0.15, 0.2) is 18.5 Å². The Hall–Kier alpha value is -1.25. The van der Waals surface area contributed by atoms with E-state index < -0.39 is 0 Å². The van der Waals surface area contributed by atoms with Crippen molar-refractivity contribution in [2.75, 3.05) is 24.2 Å². The average molecular weight is 233 g/mol. The summed E-state index contributed by atoms with van der Waals surface area (Å²) in [6, 6.07) is 2.11. The number of nitrogens with one attached hydrogen (secondary N) is 2. The van der Waals surface area contributed by atoms with Crippen LogP contribution in [0, 0.1) is 11.8 Å². The summed E-state index contributed by atoms with van der Waals surface area (Å²) in [5.41, 5.74) is 2.18. The van der Waals surface area contributed by atoms with Gasteiger partial charge in [-0.15, -0.1) is 0 Å². The molecular formula is C14H23N3. The number of anilines is 2. The summed E-state index contributed by atoms with van der Waals surface area (Å²) >= 11 is 0. The molecule has 0 spiro atoms. The minimum atomic E-state index is 0.821. The second kappa shape index (κ2) is 5.89. The Balaban J connectivity index is 1.88. The van der Waals surface area contributed by atoms with Gasteiger partial charge in [0.25, 0.3) is 0 Å². The molecule has 0 aliphatic heterocycles. The van der Waals surface area contributed by atoms with Gasteiger partial charge in [0.15, 0.2) is 0 Å². The molecule has 0 bridgehead atoms. The lowest BCUT2D eigenvalue weighted by atomic mass is 9.80. The largest absolute Gasteiger partial charge is 0.387 e. The van der Waals surface area contributed by atoms with Gasteiger partial charge in [-0.2, -0.15) is 0 Å². The van der Waals surface area contributed by atoms with Gasteiger partial charge in [-0.3, -0.25) is 4.98 Å². The minimum Gasteiger partial charge on any atom is -0.387 e. The Morgan fingerprint density at radius 2 is 2.00 bits per heavy atom. The van der Waals surface area contributed by atoms with Gasteiger partial charge in [0, 0.05) is 13.6 Å². The van der Waals surface area contributed by atoms with Crippen LogP contribution in [0.2, 0.25) is 0 Å². The van der Waals surface area contributed by atoms with E-state index in [4.69, 9.17) is 0 Å². The van der Waals surface area contributed by atoms with Gasteiger partial charge in [-0.25, -0.2) is 0 Å². The summed E-state index contributed by atoms with van der Waals surface area (Å²) in [6.07, 6.45) is 9.30. The number of pyridine rings is 1. The van der Waals surface area contributed by atoms with E-state index in [2.05, 4.69) is 28.6 Å². The second-order valence-corrected chi connectivity index (χ2v) is 5.12. The van der Waals surface area contributed by atoms with Crippen LogP contribution in [0.5, 0.6) is 0 Å². The molecule has 3 nitrogen and oxygen atoms in total. The summed E-state index contributed by atoms with van der Waals surface area (Å²) in [5.74, 6) is 1.68. The highest BCUT2D eigenvalue weighted by atomic mass is 14.9. The monoisotopic (exact) mass is 233 g/mol. The Bertz CT molecular complexity index is 351. The zero-order chi connectivity index (χ0) is 12.1. The third kappa shape index (κ3) is 3.35. The normalized spacial score (nSPS) is 24.4. The Labute approximate surface area is 104 Å². The highest BCUT2D eigenvalue weighted by Crippen LogP contribution is 2.29. The molecule has 0 amide bonds. The first-order valence-corrected chi connectivity index (χ1v) is 6.66. The summed E-state index contributed by atoms with van der Waals surface area (Å²) < 4.78 is 0. The first-order valence-electron chi connectivity index (χ1n) is 6.66. The molecule has 0 aromatic carbocycles. The average Bonchev–Trinajstić information content (AvgIpc) is 2.38. The zero-order valence-electron chi connectivity index (χ0n) is 10.9. The second-order valence-electron chi connectivity index (χ2n) is 5.12. The van der Waals surface area contributed by atoms with E-state index >= 15 is 0 Å². The van der Waals surface area contributed by atoms with Crippen LogP contribution in [-0.4, -0.2) is 18.6 Å². The lowest BCUT2D eigenvalue weighted by Gasteiger charge is -2.29. The predicted molar refractivity (Wildman–Crippen MR) is 73.4 cm³/mol. The number of hydrogen-bond acceptors (Lipinski definition) is 3. The maximum atomic E-state index is 4.21. The molecule has 0 saturated heterocycles. The topological polar surface area (TPSA) is 37.0 Å². The molecule has 1 fully saturated rings. The van der Waals surface area contributed by atoms with Gasteiger partial charge < -0.3 is 10.6 Å². The van der Waals surface area contributed by atoms with Crippen molar-refractivity contribution in [1.82, 2.24) is 4.98 Å².